The van der Waals surface area contributed by atoms with E-state index < -0.39 is 77.6 Å². The normalized spacial score (nSPS) is 11.8. The van der Waals surface area contributed by atoms with Gasteiger partial charge in [0.15, 0.2) is 11.5 Å². The molecule has 0 spiro atoms. The van der Waals surface area contributed by atoms with Gasteiger partial charge in [-0.2, -0.15) is 0 Å². The van der Waals surface area contributed by atoms with E-state index in [-0.39, 0.29) is 0 Å². The summed E-state index contributed by atoms with van der Waals surface area (Å²) in [6, 6.07) is 0. The summed E-state index contributed by atoms with van der Waals surface area (Å²) >= 11 is 0. The van der Waals surface area contributed by atoms with Crippen molar-refractivity contribution in [2.45, 2.75) is 0 Å². The average molecular weight is 330 g/mol. The van der Waals surface area contributed by atoms with E-state index in [1.807, 2.05) is 9.97 Å². The van der Waals surface area contributed by atoms with Crippen LogP contribution in [0.5, 0.6) is 23.3 Å². The van der Waals surface area contributed by atoms with Gasteiger partial charge >= 0.3 is 0 Å². The zero-order valence-corrected chi connectivity index (χ0v) is 11.4. The first kappa shape index (κ1) is 13.8. The fourth-order valence-corrected chi connectivity index (χ4v) is 3.04. The second-order valence-electron chi connectivity index (χ2n) is 5.21. The number of H-pyrrole nitrogens is 2. The number of hydrogen-bond donors (Lipinski definition) is 6. The summed E-state index contributed by atoms with van der Waals surface area (Å²) in [5, 5.41) is 36.5. The van der Waals surface area contributed by atoms with E-state index in [1.54, 1.807) is 0 Å². The molecular weight excluding hydrogens is 324 g/mol. The van der Waals surface area contributed by atoms with E-state index in [0.29, 0.717) is 0 Å². The number of nitrogens with one attached hydrogen (secondary N) is 2. The van der Waals surface area contributed by atoms with Gasteiger partial charge in [-0.05, 0) is 0 Å². The molecule has 10 heteroatoms. The molecule has 0 aliphatic rings. The van der Waals surface area contributed by atoms with Crippen molar-refractivity contribution in [3.8, 4) is 23.3 Å². The molecule has 0 bridgehead atoms. The standard InChI is InChI=1S/C14H6N2O8/c17-7-3-1-2-5(9(7)19)13(23)16-14(24)6(2)10(20)8(18)4(1)12(22)15-11(3)21/h17,19H,(H2,15,21,22)(H2,16,23,24). The van der Waals surface area contributed by atoms with Crippen molar-refractivity contribution in [3.05, 3.63) is 41.2 Å². The summed E-state index contributed by atoms with van der Waals surface area (Å²) in [6.45, 7) is 0. The molecule has 2 aromatic carbocycles. The lowest BCUT2D eigenvalue weighted by Gasteiger charge is -2.13. The number of aromatic nitrogens is 2. The lowest BCUT2D eigenvalue weighted by molar-refractivity contribution is 0.411. The molecule has 6 N–H and O–H groups in total. The maximum Gasteiger partial charge on any atom is 0.262 e. The Morgan fingerprint density at radius 3 is 1.17 bits per heavy atom. The average Bonchev–Trinajstić information content (AvgIpc) is 2.49. The molecule has 0 saturated heterocycles. The molecule has 0 aliphatic carbocycles. The van der Waals surface area contributed by atoms with E-state index in [2.05, 4.69) is 0 Å². The summed E-state index contributed by atoms with van der Waals surface area (Å²) in [6.07, 6.45) is 0. The maximum absolute atomic E-state index is 12.2. The predicted octanol–water partition coefficient (Wildman–Crippen LogP) is -1.06. The highest BCUT2D eigenvalue weighted by atomic mass is 16.3. The Balaban J connectivity index is 2.73. The number of aromatic hydroxyl groups is 4. The van der Waals surface area contributed by atoms with Crippen LogP contribution >= 0.6 is 0 Å². The van der Waals surface area contributed by atoms with Crippen LogP contribution in [0.1, 0.15) is 0 Å². The van der Waals surface area contributed by atoms with Gasteiger partial charge in [0.1, 0.15) is 0 Å². The van der Waals surface area contributed by atoms with E-state index >= 15 is 0 Å². The van der Waals surface area contributed by atoms with Crippen molar-refractivity contribution in [2.75, 3.05) is 0 Å². The third kappa shape index (κ3) is 1.30. The van der Waals surface area contributed by atoms with Gasteiger partial charge in [0.25, 0.3) is 11.1 Å². The van der Waals surface area contributed by atoms with Crippen molar-refractivity contribution in [2.24, 2.45) is 0 Å². The molecule has 4 aromatic rings. The Kier molecular flexibility index (Phi) is 2.26. The summed E-state index contributed by atoms with van der Waals surface area (Å²) in [7, 11) is 0. The third-order valence-corrected chi connectivity index (χ3v) is 4.00. The summed E-state index contributed by atoms with van der Waals surface area (Å²) in [4.78, 5) is 52.3. The molecule has 0 aliphatic heterocycles. The molecule has 0 radical (unpaired) electrons. The quantitative estimate of drug-likeness (QED) is 0.134. The number of rotatable bonds is 0. The molecule has 0 fully saturated rings. The molecule has 4 rings (SSSR count). The fraction of sp³-hybridized carbons (Fsp3) is 0. The van der Waals surface area contributed by atoms with Crippen LogP contribution in [0.15, 0.2) is 19.2 Å². The number of benzene rings is 2. The zero-order chi connectivity index (χ0) is 17.5. The smallest absolute Gasteiger partial charge is 0.262 e. The zero-order valence-electron chi connectivity index (χ0n) is 11.4. The van der Waals surface area contributed by atoms with Crippen LogP contribution in [0.25, 0.3) is 32.3 Å². The van der Waals surface area contributed by atoms with Crippen LogP contribution in [-0.2, 0) is 0 Å². The second-order valence-corrected chi connectivity index (χ2v) is 5.21. The molecule has 24 heavy (non-hydrogen) atoms. The summed E-state index contributed by atoms with van der Waals surface area (Å²) in [5.74, 6) is -3.85. The molecule has 0 atom stereocenters. The summed E-state index contributed by atoms with van der Waals surface area (Å²) < 4.78 is 0. The fourth-order valence-electron chi connectivity index (χ4n) is 3.04. The van der Waals surface area contributed by atoms with Crippen LogP contribution in [0, 0.1) is 0 Å². The van der Waals surface area contributed by atoms with Crippen molar-refractivity contribution < 1.29 is 20.4 Å². The van der Waals surface area contributed by atoms with Crippen molar-refractivity contribution in [1.82, 2.24) is 9.97 Å². The van der Waals surface area contributed by atoms with Crippen LogP contribution in [0.2, 0.25) is 0 Å². The molecule has 2 aromatic heterocycles. The Bertz CT molecular complexity index is 1310. The Labute approximate surface area is 128 Å². The van der Waals surface area contributed by atoms with Gasteiger partial charge in [0.2, 0.25) is 22.6 Å². The van der Waals surface area contributed by atoms with Crippen LogP contribution in [0.4, 0.5) is 0 Å². The lowest BCUT2D eigenvalue weighted by atomic mass is 9.94. The van der Waals surface area contributed by atoms with E-state index in [4.69, 9.17) is 0 Å². The minimum Gasteiger partial charge on any atom is -0.504 e. The minimum absolute atomic E-state index is 0.400. The highest BCUT2D eigenvalue weighted by molar-refractivity contribution is 6.27. The predicted molar refractivity (Wildman–Crippen MR) is 81.8 cm³/mol. The number of hydrogen-bond acceptors (Lipinski definition) is 8. The van der Waals surface area contributed by atoms with Crippen molar-refractivity contribution >= 4 is 32.3 Å². The molecule has 10 nitrogen and oxygen atoms in total. The van der Waals surface area contributed by atoms with Gasteiger partial charge in [-0.3, -0.25) is 29.1 Å². The van der Waals surface area contributed by atoms with Gasteiger partial charge in [-0.15, -0.1) is 0 Å². The highest BCUT2D eigenvalue weighted by Crippen LogP contribution is 2.43. The lowest BCUT2D eigenvalue weighted by Crippen LogP contribution is -2.27. The van der Waals surface area contributed by atoms with Crippen LogP contribution < -0.4 is 22.0 Å². The Morgan fingerprint density at radius 2 is 0.833 bits per heavy atom. The first-order valence-corrected chi connectivity index (χ1v) is 6.46. The monoisotopic (exact) mass is 330 g/mol. The van der Waals surface area contributed by atoms with Gasteiger partial charge in [-0.1, -0.05) is 0 Å². The van der Waals surface area contributed by atoms with Crippen molar-refractivity contribution in [3.63, 3.8) is 0 Å². The number of aromatic amines is 2. The number of pyridine rings is 2. The largest absolute Gasteiger partial charge is 0.504 e. The van der Waals surface area contributed by atoms with Gasteiger partial charge in [-0.25, -0.2) is 0 Å². The SMILES string of the molecule is O=c1[nH]c(O)c2c(=O)c(=O)c3c(O)[nH]c(=O)c4c(O)c(O)c1c2c43. The third-order valence-electron chi connectivity index (χ3n) is 4.00. The van der Waals surface area contributed by atoms with E-state index in [1.165, 1.54) is 0 Å². The highest BCUT2D eigenvalue weighted by Gasteiger charge is 2.28. The first-order chi connectivity index (χ1) is 11.3. The number of phenols is 2. The van der Waals surface area contributed by atoms with Crippen LogP contribution in [-0.4, -0.2) is 30.4 Å². The molecule has 0 amide bonds. The molecule has 120 valence electrons. The molecule has 0 saturated carbocycles. The summed E-state index contributed by atoms with van der Waals surface area (Å²) in [5.41, 5.74) is -4.63. The second kappa shape index (κ2) is 3.93. The minimum atomic E-state index is -1.25. The number of phenolic OH excluding ortho intramolecular Hbond substituents is 2. The maximum atomic E-state index is 12.2. The Morgan fingerprint density at radius 1 is 0.500 bits per heavy atom. The first-order valence-electron chi connectivity index (χ1n) is 6.46. The molecule has 2 heterocycles. The van der Waals surface area contributed by atoms with Crippen LogP contribution in [0.3, 0.4) is 0 Å². The van der Waals surface area contributed by atoms with E-state index in [0.717, 1.165) is 0 Å². The van der Waals surface area contributed by atoms with Gasteiger partial charge in [0.05, 0.1) is 21.5 Å². The molecule has 0 unspecified atom stereocenters. The van der Waals surface area contributed by atoms with Gasteiger partial charge in [0, 0.05) is 10.8 Å². The van der Waals surface area contributed by atoms with E-state index in [9.17, 15) is 39.6 Å². The van der Waals surface area contributed by atoms with Crippen molar-refractivity contribution in [1.29, 1.82) is 0 Å². The molecular formula is C14H6N2O8. The van der Waals surface area contributed by atoms with Gasteiger partial charge < -0.3 is 20.4 Å². The topological polar surface area (TPSA) is 181 Å². The Hall–Kier alpha value is -3.82.